The summed E-state index contributed by atoms with van der Waals surface area (Å²) in [7, 11) is 0. The van der Waals surface area contributed by atoms with Crippen molar-refractivity contribution in [2.75, 3.05) is 0 Å². The van der Waals surface area contributed by atoms with E-state index in [4.69, 9.17) is 27.9 Å². The molecule has 1 amide bonds. The first-order chi connectivity index (χ1) is 13.9. The van der Waals surface area contributed by atoms with Crippen LogP contribution in [-0.4, -0.2) is 18.1 Å². The molecule has 0 saturated heterocycles. The van der Waals surface area contributed by atoms with Crippen LogP contribution in [0.25, 0.3) is 0 Å². The van der Waals surface area contributed by atoms with Crippen LogP contribution in [0.1, 0.15) is 26.3 Å². The number of carbonyl (C=O) groups excluding carboxylic acids is 2. The molecule has 5 nitrogen and oxygen atoms in total. The van der Waals surface area contributed by atoms with Crippen molar-refractivity contribution in [2.24, 2.45) is 5.10 Å². The second-order valence-electron chi connectivity index (χ2n) is 5.79. The lowest BCUT2D eigenvalue weighted by Crippen LogP contribution is -2.17. The molecule has 0 aliphatic heterocycles. The van der Waals surface area contributed by atoms with Gasteiger partial charge in [0.25, 0.3) is 5.91 Å². The minimum absolute atomic E-state index is 0.215. The van der Waals surface area contributed by atoms with Crippen molar-refractivity contribution in [2.45, 2.75) is 0 Å². The molecule has 0 atom stereocenters. The predicted molar refractivity (Wildman–Crippen MR) is 117 cm³/mol. The van der Waals surface area contributed by atoms with Gasteiger partial charge in [0.05, 0.1) is 16.8 Å². The third kappa shape index (κ3) is 5.90. The topological polar surface area (TPSA) is 67.8 Å². The van der Waals surface area contributed by atoms with Gasteiger partial charge in [-0.1, -0.05) is 45.2 Å². The molecule has 0 spiro atoms. The summed E-state index contributed by atoms with van der Waals surface area (Å²) < 4.78 is 6.11. The molecule has 0 saturated carbocycles. The second kappa shape index (κ2) is 9.69. The normalized spacial score (nSPS) is 10.7. The Morgan fingerprint density at radius 2 is 1.76 bits per heavy atom. The molecular weight excluding hydrogens is 479 g/mol. The fraction of sp³-hybridized carbons (Fsp3) is 0. The van der Waals surface area contributed by atoms with Gasteiger partial charge in [-0.3, -0.25) is 4.79 Å². The summed E-state index contributed by atoms with van der Waals surface area (Å²) in [5.74, 6) is -0.571. The van der Waals surface area contributed by atoms with Crippen molar-refractivity contribution in [1.29, 1.82) is 0 Å². The highest BCUT2D eigenvalue weighted by Crippen LogP contribution is 2.23. The zero-order valence-electron chi connectivity index (χ0n) is 14.7. The Labute approximate surface area is 185 Å². The molecule has 1 N–H and O–H groups in total. The van der Waals surface area contributed by atoms with Crippen LogP contribution in [0.2, 0.25) is 10.0 Å². The van der Waals surface area contributed by atoms with Gasteiger partial charge in [-0.15, -0.1) is 0 Å². The molecule has 3 aromatic rings. The minimum atomic E-state index is -0.589. The van der Waals surface area contributed by atoms with E-state index in [-0.39, 0.29) is 16.5 Å². The summed E-state index contributed by atoms with van der Waals surface area (Å²) >= 11 is 15.2. The van der Waals surface area contributed by atoms with Gasteiger partial charge in [-0.2, -0.15) is 5.10 Å². The molecule has 0 aliphatic carbocycles. The lowest BCUT2D eigenvalue weighted by molar-refractivity contribution is 0.0734. The van der Waals surface area contributed by atoms with Gasteiger partial charge in [0.15, 0.2) is 0 Å². The Morgan fingerprint density at radius 1 is 1.00 bits per heavy atom. The maximum Gasteiger partial charge on any atom is 0.345 e. The Bertz CT molecular complexity index is 1090. The summed E-state index contributed by atoms with van der Waals surface area (Å²) in [6.45, 7) is 0. The molecule has 0 bridgehead atoms. The van der Waals surface area contributed by atoms with Crippen molar-refractivity contribution in [3.05, 3.63) is 97.9 Å². The van der Waals surface area contributed by atoms with E-state index in [1.165, 1.54) is 18.3 Å². The SMILES string of the molecule is O=C(N/N=C\c1ccc(OC(=O)c2ccc(Cl)cc2Cl)cc1)c1cccc(Br)c1. The van der Waals surface area contributed by atoms with E-state index in [1.54, 1.807) is 48.5 Å². The van der Waals surface area contributed by atoms with E-state index in [1.807, 2.05) is 6.07 Å². The number of rotatable bonds is 5. The van der Waals surface area contributed by atoms with E-state index in [0.29, 0.717) is 21.9 Å². The van der Waals surface area contributed by atoms with Crippen molar-refractivity contribution in [3.63, 3.8) is 0 Å². The first kappa shape index (κ1) is 21.0. The van der Waals surface area contributed by atoms with Crippen molar-refractivity contribution < 1.29 is 14.3 Å². The molecule has 0 aromatic heterocycles. The largest absolute Gasteiger partial charge is 0.423 e. The third-order valence-corrected chi connectivity index (χ3v) is 4.75. The third-order valence-electron chi connectivity index (χ3n) is 3.71. The quantitative estimate of drug-likeness (QED) is 0.214. The van der Waals surface area contributed by atoms with Gasteiger partial charge in [-0.25, -0.2) is 10.2 Å². The molecule has 0 unspecified atom stereocenters. The Balaban J connectivity index is 1.59. The van der Waals surface area contributed by atoms with Gasteiger partial charge in [0.1, 0.15) is 5.75 Å². The number of nitrogens with one attached hydrogen (secondary N) is 1. The first-order valence-electron chi connectivity index (χ1n) is 8.28. The smallest absolute Gasteiger partial charge is 0.345 e. The zero-order chi connectivity index (χ0) is 20.8. The Kier molecular flexibility index (Phi) is 7.04. The van der Waals surface area contributed by atoms with Crippen LogP contribution in [-0.2, 0) is 0 Å². The predicted octanol–water partition coefficient (Wildman–Crippen LogP) is 5.74. The summed E-state index contributed by atoms with van der Waals surface area (Å²) in [6.07, 6.45) is 1.48. The summed E-state index contributed by atoms with van der Waals surface area (Å²) in [5.41, 5.74) is 3.87. The highest BCUT2D eigenvalue weighted by atomic mass is 79.9. The van der Waals surface area contributed by atoms with E-state index in [0.717, 1.165) is 4.47 Å². The first-order valence-corrected chi connectivity index (χ1v) is 9.83. The summed E-state index contributed by atoms with van der Waals surface area (Å²) in [4.78, 5) is 24.2. The molecule has 146 valence electrons. The number of hydrazone groups is 1. The highest BCUT2D eigenvalue weighted by Gasteiger charge is 2.13. The number of hydrogen-bond acceptors (Lipinski definition) is 4. The number of amides is 1. The fourth-order valence-corrected chi connectivity index (χ4v) is 3.18. The van der Waals surface area contributed by atoms with Crippen LogP contribution in [0.15, 0.2) is 76.3 Å². The van der Waals surface area contributed by atoms with E-state index < -0.39 is 5.97 Å². The zero-order valence-corrected chi connectivity index (χ0v) is 17.8. The number of nitrogens with zero attached hydrogens (tertiary/aromatic N) is 1. The average molecular weight is 492 g/mol. The van der Waals surface area contributed by atoms with Crippen LogP contribution in [0, 0.1) is 0 Å². The fourth-order valence-electron chi connectivity index (χ4n) is 2.30. The molecular formula is C21H13BrCl2N2O3. The van der Waals surface area contributed by atoms with Gasteiger partial charge in [-0.05, 0) is 66.2 Å². The number of ether oxygens (including phenoxy) is 1. The lowest BCUT2D eigenvalue weighted by Gasteiger charge is -2.06. The number of esters is 1. The van der Waals surface area contributed by atoms with Gasteiger partial charge in [0, 0.05) is 15.1 Å². The maximum atomic E-state index is 12.2. The van der Waals surface area contributed by atoms with Crippen LogP contribution < -0.4 is 10.2 Å². The van der Waals surface area contributed by atoms with Crippen LogP contribution in [0.5, 0.6) is 5.75 Å². The van der Waals surface area contributed by atoms with E-state index in [9.17, 15) is 9.59 Å². The molecule has 0 radical (unpaired) electrons. The van der Waals surface area contributed by atoms with Crippen molar-refractivity contribution >= 4 is 57.2 Å². The van der Waals surface area contributed by atoms with Gasteiger partial charge < -0.3 is 4.74 Å². The standard InChI is InChI=1S/C21H13BrCl2N2O3/c22-15-3-1-2-14(10-15)20(27)26-25-12-13-4-7-17(8-5-13)29-21(28)18-9-6-16(23)11-19(18)24/h1-12H,(H,26,27)/b25-12-. The average Bonchev–Trinajstić information content (AvgIpc) is 2.69. The number of carbonyl (C=O) groups is 2. The van der Waals surface area contributed by atoms with Crippen molar-refractivity contribution in [3.8, 4) is 5.75 Å². The molecule has 29 heavy (non-hydrogen) atoms. The number of benzene rings is 3. The highest BCUT2D eigenvalue weighted by molar-refractivity contribution is 9.10. The van der Waals surface area contributed by atoms with E-state index >= 15 is 0 Å². The minimum Gasteiger partial charge on any atom is -0.423 e. The van der Waals surface area contributed by atoms with Crippen LogP contribution in [0.4, 0.5) is 0 Å². The van der Waals surface area contributed by atoms with Gasteiger partial charge in [0.2, 0.25) is 0 Å². The molecule has 0 aliphatic rings. The van der Waals surface area contributed by atoms with Crippen LogP contribution in [0.3, 0.4) is 0 Å². The summed E-state index contributed by atoms with van der Waals surface area (Å²) in [5, 5.41) is 4.58. The monoisotopic (exact) mass is 490 g/mol. The number of halogens is 3. The van der Waals surface area contributed by atoms with Crippen molar-refractivity contribution in [1.82, 2.24) is 5.43 Å². The number of hydrogen-bond donors (Lipinski definition) is 1. The molecule has 3 aromatic carbocycles. The van der Waals surface area contributed by atoms with E-state index in [2.05, 4.69) is 26.5 Å². The van der Waals surface area contributed by atoms with Gasteiger partial charge >= 0.3 is 5.97 Å². The molecule has 0 fully saturated rings. The maximum absolute atomic E-state index is 12.2. The summed E-state index contributed by atoms with van der Waals surface area (Å²) in [6, 6.07) is 18.1. The lowest BCUT2D eigenvalue weighted by atomic mass is 10.2. The Morgan fingerprint density at radius 3 is 2.45 bits per heavy atom. The molecule has 3 rings (SSSR count). The van der Waals surface area contributed by atoms with Crippen LogP contribution >= 0.6 is 39.1 Å². The molecule has 0 heterocycles. The second-order valence-corrected chi connectivity index (χ2v) is 7.55. The molecule has 8 heteroatoms. The Hall–Kier alpha value is -2.67.